The summed E-state index contributed by atoms with van der Waals surface area (Å²) in [6.45, 7) is 2.53. The van der Waals surface area contributed by atoms with E-state index in [9.17, 15) is 4.79 Å². The third-order valence-electron chi connectivity index (χ3n) is 3.35. The van der Waals surface area contributed by atoms with Crippen LogP contribution in [0.2, 0.25) is 0 Å². The van der Waals surface area contributed by atoms with Crippen molar-refractivity contribution in [3.8, 4) is 10.6 Å². The zero-order chi connectivity index (χ0) is 16.1. The Balaban J connectivity index is 1.57. The van der Waals surface area contributed by atoms with E-state index in [4.69, 9.17) is 0 Å². The van der Waals surface area contributed by atoms with Gasteiger partial charge in [0.2, 0.25) is 5.91 Å². The third-order valence-corrected chi connectivity index (χ3v) is 5.26. The van der Waals surface area contributed by atoms with Gasteiger partial charge in [-0.15, -0.1) is 22.7 Å². The molecule has 0 saturated carbocycles. The average molecular weight is 343 g/mol. The molecule has 0 bridgehead atoms. The number of hydrogen-bond donors (Lipinski definition) is 1. The van der Waals surface area contributed by atoms with E-state index in [1.807, 2.05) is 30.5 Å². The van der Waals surface area contributed by atoms with Gasteiger partial charge in [-0.2, -0.15) is 0 Å². The van der Waals surface area contributed by atoms with E-state index in [-0.39, 0.29) is 5.91 Å². The van der Waals surface area contributed by atoms with Crippen molar-refractivity contribution in [2.75, 3.05) is 0 Å². The van der Waals surface area contributed by atoms with Crippen LogP contribution >= 0.6 is 22.7 Å². The van der Waals surface area contributed by atoms with Crippen LogP contribution in [0.5, 0.6) is 0 Å². The van der Waals surface area contributed by atoms with Gasteiger partial charge in [-0.25, -0.2) is 4.98 Å². The van der Waals surface area contributed by atoms with E-state index in [2.05, 4.69) is 21.4 Å². The van der Waals surface area contributed by atoms with Crippen molar-refractivity contribution in [1.29, 1.82) is 0 Å². The number of aryl methyl sites for hydroxylation is 2. The van der Waals surface area contributed by atoms with Crippen LogP contribution in [0.3, 0.4) is 0 Å². The van der Waals surface area contributed by atoms with Crippen molar-refractivity contribution in [2.24, 2.45) is 0 Å². The Kier molecular flexibility index (Phi) is 5.15. The van der Waals surface area contributed by atoms with Crippen molar-refractivity contribution in [3.63, 3.8) is 0 Å². The molecule has 3 aromatic rings. The van der Waals surface area contributed by atoms with E-state index in [1.54, 1.807) is 35.1 Å². The van der Waals surface area contributed by atoms with E-state index in [0.717, 1.165) is 22.7 Å². The van der Waals surface area contributed by atoms with Gasteiger partial charge in [0, 0.05) is 30.2 Å². The fraction of sp³-hybridized carbons (Fsp3) is 0.235. The number of thiazole rings is 1. The van der Waals surface area contributed by atoms with Crippen LogP contribution in [0.1, 0.15) is 21.9 Å². The lowest BCUT2D eigenvalue weighted by Gasteiger charge is -2.05. The largest absolute Gasteiger partial charge is 0.352 e. The predicted octanol–water partition coefficient (Wildman–Crippen LogP) is 3.82. The van der Waals surface area contributed by atoms with Gasteiger partial charge in [-0.1, -0.05) is 12.1 Å². The summed E-state index contributed by atoms with van der Waals surface area (Å²) < 4.78 is 0. The highest BCUT2D eigenvalue weighted by atomic mass is 32.1. The highest BCUT2D eigenvalue weighted by Crippen LogP contribution is 2.31. The normalized spacial score (nSPS) is 10.7. The molecule has 0 radical (unpaired) electrons. The molecule has 0 fully saturated rings. The second-order valence-corrected chi connectivity index (χ2v) is 7.36. The van der Waals surface area contributed by atoms with Gasteiger partial charge < -0.3 is 5.32 Å². The Morgan fingerprint density at radius 2 is 2.22 bits per heavy atom. The minimum absolute atomic E-state index is 0.0528. The molecule has 6 heteroatoms. The molecule has 23 heavy (non-hydrogen) atoms. The fourth-order valence-electron chi connectivity index (χ4n) is 2.26. The van der Waals surface area contributed by atoms with E-state index >= 15 is 0 Å². The van der Waals surface area contributed by atoms with Gasteiger partial charge in [0.15, 0.2) is 0 Å². The van der Waals surface area contributed by atoms with Crippen LogP contribution < -0.4 is 5.32 Å². The maximum Gasteiger partial charge on any atom is 0.220 e. The Morgan fingerprint density at radius 3 is 2.96 bits per heavy atom. The summed E-state index contributed by atoms with van der Waals surface area (Å²) in [5, 5.41) is 6.03. The summed E-state index contributed by atoms with van der Waals surface area (Å²) in [5.74, 6) is 0.0528. The minimum Gasteiger partial charge on any atom is -0.352 e. The van der Waals surface area contributed by atoms with Crippen molar-refractivity contribution in [1.82, 2.24) is 15.3 Å². The van der Waals surface area contributed by atoms with Gasteiger partial charge in [0.25, 0.3) is 0 Å². The summed E-state index contributed by atoms with van der Waals surface area (Å²) in [5.41, 5.74) is 2.04. The first-order chi connectivity index (χ1) is 11.2. The van der Waals surface area contributed by atoms with Gasteiger partial charge in [0.05, 0.1) is 15.6 Å². The highest BCUT2D eigenvalue weighted by molar-refractivity contribution is 7.15. The van der Waals surface area contributed by atoms with Gasteiger partial charge in [-0.3, -0.25) is 9.78 Å². The smallest absolute Gasteiger partial charge is 0.220 e. The SMILES string of the molecule is Cc1nc(-c2cccs2)c(CCC(=O)NCc2cccnc2)s1. The predicted molar refractivity (Wildman–Crippen MR) is 94.6 cm³/mol. The van der Waals surface area contributed by atoms with Gasteiger partial charge >= 0.3 is 0 Å². The standard InChI is InChI=1S/C17H17N3OS2/c1-12-20-17(14-5-3-9-22-14)15(23-12)6-7-16(21)19-11-13-4-2-8-18-10-13/h2-5,8-10H,6-7,11H2,1H3,(H,19,21). The number of thiophene rings is 1. The van der Waals surface area contributed by atoms with Crippen LogP contribution in [0.15, 0.2) is 42.0 Å². The number of hydrogen-bond acceptors (Lipinski definition) is 5. The van der Waals surface area contributed by atoms with Crippen LogP contribution in [-0.2, 0) is 17.8 Å². The molecule has 0 atom stereocenters. The van der Waals surface area contributed by atoms with Crippen molar-refractivity contribution < 1.29 is 4.79 Å². The number of pyridine rings is 1. The summed E-state index contributed by atoms with van der Waals surface area (Å²) >= 11 is 3.36. The molecule has 4 nitrogen and oxygen atoms in total. The highest BCUT2D eigenvalue weighted by Gasteiger charge is 2.13. The van der Waals surface area contributed by atoms with Crippen molar-refractivity contribution in [3.05, 3.63) is 57.5 Å². The lowest BCUT2D eigenvalue weighted by atomic mass is 10.2. The number of rotatable bonds is 6. The fourth-order valence-corrected chi connectivity index (χ4v) is 4.02. The summed E-state index contributed by atoms with van der Waals surface area (Å²) in [4.78, 5) is 23.1. The first-order valence-electron chi connectivity index (χ1n) is 7.38. The molecular formula is C17H17N3OS2. The van der Waals surface area contributed by atoms with Crippen LogP contribution in [0.4, 0.5) is 0 Å². The number of nitrogens with zero attached hydrogens (tertiary/aromatic N) is 2. The minimum atomic E-state index is 0.0528. The Bertz CT molecular complexity index is 767. The van der Waals surface area contributed by atoms with Gasteiger partial charge in [-0.05, 0) is 36.4 Å². The lowest BCUT2D eigenvalue weighted by Crippen LogP contribution is -2.22. The molecule has 0 aliphatic carbocycles. The second kappa shape index (κ2) is 7.48. The van der Waals surface area contributed by atoms with Crippen molar-refractivity contribution >= 4 is 28.6 Å². The number of amides is 1. The molecule has 0 aliphatic heterocycles. The van der Waals surface area contributed by atoms with Crippen LogP contribution in [-0.4, -0.2) is 15.9 Å². The second-order valence-electron chi connectivity index (χ2n) is 5.12. The van der Waals surface area contributed by atoms with Gasteiger partial charge in [0.1, 0.15) is 0 Å². The molecule has 0 aromatic carbocycles. The Morgan fingerprint density at radius 1 is 1.30 bits per heavy atom. The van der Waals surface area contributed by atoms with Crippen molar-refractivity contribution in [2.45, 2.75) is 26.3 Å². The molecule has 1 N–H and O–H groups in total. The molecule has 3 aromatic heterocycles. The van der Waals surface area contributed by atoms with E-state index < -0.39 is 0 Å². The first-order valence-corrected chi connectivity index (χ1v) is 9.08. The van der Waals surface area contributed by atoms with Crippen LogP contribution in [0, 0.1) is 6.92 Å². The zero-order valence-electron chi connectivity index (χ0n) is 12.8. The number of carbonyl (C=O) groups is 1. The topological polar surface area (TPSA) is 54.9 Å². The zero-order valence-corrected chi connectivity index (χ0v) is 14.4. The maximum absolute atomic E-state index is 12.0. The summed E-state index contributed by atoms with van der Waals surface area (Å²) in [6.07, 6.45) is 4.68. The van der Waals surface area contributed by atoms with E-state index in [1.165, 1.54) is 9.75 Å². The summed E-state index contributed by atoms with van der Waals surface area (Å²) in [7, 11) is 0. The Labute approximate surface area is 143 Å². The molecule has 3 heterocycles. The molecule has 0 aliphatic rings. The molecule has 0 spiro atoms. The molecule has 0 saturated heterocycles. The molecular weight excluding hydrogens is 326 g/mol. The summed E-state index contributed by atoms with van der Waals surface area (Å²) in [6, 6.07) is 7.92. The first kappa shape index (κ1) is 15.8. The molecule has 0 unspecified atom stereocenters. The maximum atomic E-state index is 12.0. The average Bonchev–Trinajstić information content (AvgIpc) is 3.21. The van der Waals surface area contributed by atoms with E-state index in [0.29, 0.717) is 13.0 Å². The Hall–Kier alpha value is -2.05. The number of aromatic nitrogens is 2. The molecule has 1 amide bonds. The molecule has 3 rings (SSSR count). The lowest BCUT2D eigenvalue weighted by molar-refractivity contribution is -0.121. The number of nitrogens with one attached hydrogen (secondary N) is 1. The number of carbonyl (C=O) groups excluding carboxylic acids is 1. The third kappa shape index (κ3) is 4.24. The monoisotopic (exact) mass is 343 g/mol. The quantitative estimate of drug-likeness (QED) is 0.740. The molecule has 118 valence electrons. The van der Waals surface area contributed by atoms with Crippen LogP contribution in [0.25, 0.3) is 10.6 Å².